The second kappa shape index (κ2) is 5.59. The molecule has 0 N–H and O–H groups in total. The fraction of sp³-hybridized carbons (Fsp3) is 0.360. The van der Waals surface area contributed by atoms with Crippen molar-refractivity contribution in [2.45, 2.75) is 39.7 Å². The van der Waals surface area contributed by atoms with Gasteiger partial charge in [0.25, 0.3) is 0 Å². The molecule has 0 saturated heterocycles. The van der Waals surface area contributed by atoms with Gasteiger partial charge in [-0.15, -0.1) is 0 Å². The first kappa shape index (κ1) is 15.7. The first-order valence-corrected chi connectivity index (χ1v) is 10.3. The van der Waals surface area contributed by atoms with Gasteiger partial charge in [-0.3, -0.25) is 4.90 Å². The van der Waals surface area contributed by atoms with Crippen LogP contribution in [0.2, 0.25) is 0 Å². The fourth-order valence-corrected chi connectivity index (χ4v) is 5.45. The molecule has 0 unspecified atom stereocenters. The molecule has 1 aromatic heterocycles. The van der Waals surface area contributed by atoms with E-state index in [9.17, 15) is 0 Å². The topological polar surface area (TPSA) is 8.17 Å². The van der Waals surface area contributed by atoms with E-state index in [1.54, 1.807) is 22.4 Å². The van der Waals surface area contributed by atoms with Gasteiger partial charge in [0, 0.05) is 48.7 Å². The smallest absolute Gasteiger partial charge is 0.0567 e. The Labute approximate surface area is 161 Å². The number of nitrogens with zero attached hydrogens (tertiary/aromatic N) is 2. The maximum atomic E-state index is 2.68. The van der Waals surface area contributed by atoms with Gasteiger partial charge in [0.2, 0.25) is 0 Å². The lowest BCUT2D eigenvalue weighted by Crippen LogP contribution is -2.33. The summed E-state index contributed by atoms with van der Waals surface area (Å²) in [5.41, 5.74) is 12.3. The first-order valence-electron chi connectivity index (χ1n) is 10.3. The van der Waals surface area contributed by atoms with Crippen molar-refractivity contribution in [2.75, 3.05) is 13.1 Å². The molecule has 0 radical (unpaired) electrons. The second-order valence-electron chi connectivity index (χ2n) is 8.61. The van der Waals surface area contributed by atoms with Crippen molar-refractivity contribution >= 4 is 10.9 Å². The van der Waals surface area contributed by atoms with Crippen LogP contribution in [-0.2, 0) is 25.8 Å². The Morgan fingerprint density at radius 1 is 0.889 bits per heavy atom. The number of para-hydroxylation sites is 2. The van der Waals surface area contributed by atoms with Crippen molar-refractivity contribution in [3.63, 3.8) is 0 Å². The number of aryl methyl sites for hydroxylation is 2. The molecule has 3 heterocycles. The summed E-state index contributed by atoms with van der Waals surface area (Å²) in [5.74, 6) is 0.745. The minimum absolute atomic E-state index is 0.745. The molecular weight excluding hydrogens is 328 g/mol. The normalized spacial score (nSPS) is 19.2. The van der Waals surface area contributed by atoms with E-state index in [4.69, 9.17) is 0 Å². The van der Waals surface area contributed by atoms with Gasteiger partial charge in [-0.2, -0.15) is 0 Å². The molecule has 0 bridgehead atoms. The summed E-state index contributed by atoms with van der Waals surface area (Å²) >= 11 is 0. The van der Waals surface area contributed by atoms with Gasteiger partial charge in [-0.25, -0.2) is 0 Å². The maximum Gasteiger partial charge on any atom is 0.0567 e. The molecule has 1 aliphatic carbocycles. The lowest BCUT2D eigenvalue weighted by molar-refractivity contribution is 0.245. The number of hydrogen-bond donors (Lipinski definition) is 0. The third-order valence-corrected chi connectivity index (χ3v) is 7.25. The number of rotatable bonds is 2. The summed E-state index contributed by atoms with van der Waals surface area (Å²) in [6.07, 6.45) is 3.44. The zero-order valence-corrected chi connectivity index (χ0v) is 16.3. The molecule has 2 nitrogen and oxygen atoms in total. The van der Waals surface area contributed by atoms with Crippen LogP contribution in [-0.4, -0.2) is 22.6 Å². The van der Waals surface area contributed by atoms with Crippen LogP contribution in [0, 0.1) is 5.92 Å². The highest BCUT2D eigenvalue weighted by Gasteiger charge is 2.33. The zero-order valence-electron chi connectivity index (χ0n) is 16.3. The molecule has 2 heteroatoms. The standard InChI is InChI=1S/C25H26N2/c1-16-17(2)21(16)14-26-13-12-24-22(15-26)20-8-5-7-19-11-10-18-6-3-4-9-23(18)27(24)25(19)20/h3-9,21H,10-15H2,1-2H3. The van der Waals surface area contributed by atoms with Gasteiger partial charge in [-0.1, -0.05) is 47.5 Å². The Kier molecular flexibility index (Phi) is 3.25. The van der Waals surface area contributed by atoms with Crippen LogP contribution in [0.4, 0.5) is 0 Å². The van der Waals surface area contributed by atoms with E-state index >= 15 is 0 Å². The average molecular weight is 354 g/mol. The molecule has 136 valence electrons. The van der Waals surface area contributed by atoms with Gasteiger partial charge in [0.1, 0.15) is 0 Å². The van der Waals surface area contributed by atoms with Crippen molar-refractivity contribution in [1.29, 1.82) is 0 Å². The summed E-state index contributed by atoms with van der Waals surface area (Å²) in [7, 11) is 0. The number of hydrogen-bond acceptors (Lipinski definition) is 1. The Morgan fingerprint density at radius 3 is 2.52 bits per heavy atom. The van der Waals surface area contributed by atoms with Crippen molar-refractivity contribution in [3.8, 4) is 5.69 Å². The zero-order chi connectivity index (χ0) is 18.1. The van der Waals surface area contributed by atoms with Crippen molar-refractivity contribution in [2.24, 2.45) is 5.92 Å². The molecule has 0 fully saturated rings. The van der Waals surface area contributed by atoms with Gasteiger partial charge >= 0.3 is 0 Å². The highest BCUT2D eigenvalue weighted by atomic mass is 15.2. The first-order chi connectivity index (χ1) is 13.2. The SMILES string of the molecule is CC1=C(C)C1CN1CCc2c(c3cccc4c3n2-c2ccccc2CC4)C1. The lowest BCUT2D eigenvalue weighted by atomic mass is 9.99. The molecule has 6 rings (SSSR count). The fourth-order valence-electron chi connectivity index (χ4n) is 5.45. The van der Waals surface area contributed by atoms with E-state index in [0.717, 1.165) is 31.7 Å². The number of benzene rings is 2. The molecule has 2 aromatic carbocycles. The molecule has 0 amide bonds. The number of aromatic nitrogens is 1. The molecule has 27 heavy (non-hydrogen) atoms. The molecule has 3 aromatic rings. The van der Waals surface area contributed by atoms with E-state index in [0.29, 0.717) is 0 Å². The van der Waals surface area contributed by atoms with Crippen LogP contribution in [0.3, 0.4) is 0 Å². The summed E-state index contributed by atoms with van der Waals surface area (Å²) in [6, 6.07) is 16.0. The van der Waals surface area contributed by atoms with Crippen LogP contribution >= 0.6 is 0 Å². The van der Waals surface area contributed by atoms with Crippen LogP contribution in [0.5, 0.6) is 0 Å². The van der Waals surface area contributed by atoms with Gasteiger partial charge in [-0.05, 0) is 49.4 Å². The summed E-state index contributed by atoms with van der Waals surface area (Å²) in [5, 5.41) is 1.49. The second-order valence-corrected chi connectivity index (χ2v) is 8.61. The van der Waals surface area contributed by atoms with Gasteiger partial charge < -0.3 is 4.57 Å². The Balaban J connectivity index is 1.49. The highest BCUT2D eigenvalue weighted by Crippen LogP contribution is 2.41. The Morgan fingerprint density at radius 2 is 1.67 bits per heavy atom. The van der Waals surface area contributed by atoms with E-state index in [1.807, 2.05) is 0 Å². The van der Waals surface area contributed by atoms with E-state index in [1.165, 1.54) is 40.8 Å². The minimum Gasteiger partial charge on any atom is -0.313 e. The van der Waals surface area contributed by atoms with Crippen LogP contribution in [0.1, 0.15) is 36.2 Å². The van der Waals surface area contributed by atoms with E-state index in [2.05, 4.69) is 65.8 Å². The highest BCUT2D eigenvalue weighted by molar-refractivity contribution is 5.91. The molecule has 0 saturated carbocycles. The largest absolute Gasteiger partial charge is 0.313 e. The van der Waals surface area contributed by atoms with Crippen molar-refractivity contribution in [3.05, 3.63) is 76.0 Å². The summed E-state index contributed by atoms with van der Waals surface area (Å²) in [4.78, 5) is 2.68. The summed E-state index contributed by atoms with van der Waals surface area (Å²) in [6.45, 7) is 8.09. The molecule has 2 aliphatic heterocycles. The third-order valence-electron chi connectivity index (χ3n) is 7.25. The predicted octanol–water partition coefficient (Wildman–Crippen LogP) is 5.05. The minimum atomic E-state index is 0.745. The lowest BCUT2D eigenvalue weighted by Gasteiger charge is -2.29. The van der Waals surface area contributed by atoms with Crippen molar-refractivity contribution in [1.82, 2.24) is 9.47 Å². The summed E-state index contributed by atoms with van der Waals surface area (Å²) < 4.78 is 2.62. The molecule has 3 aliphatic rings. The van der Waals surface area contributed by atoms with E-state index in [-0.39, 0.29) is 0 Å². The Bertz CT molecular complexity index is 1100. The molecule has 0 spiro atoms. The van der Waals surface area contributed by atoms with Gasteiger partial charge in [0.05, 0.1) is 5.52 Å². The monoisotopic (exact) mass is 354 g/mol. The van der Waals surface area contributed by atoms with Crippen molar-refractivity contribution < 1.29 is 0 Å². The van der Waals surface area contributed by atoms with Crippen LogP contribution < -0.4 is 0 Å². The third kappa shape index (κ3) is 2.23. The van der Waals surface area contributed by atoms with Gasteiger partial charge in [0.15, 0.2) is 0 Å². The number of fused-ring (bicyclic) bond motifs is 5. The predicted molar refractivity (Wildman–Crippen MR) is 112 cm³/mol. The molecular formula is C25H26N2. The quantitative estimate of drug-likeness (QED) is 0.585. The van der Waals surface area contributed by atoms with Crippen LogP contribution in [0.25, 0.3) is 16.6 Å². The molecule has 0 atom stereocenters. The Hall–Kier alpha value is -2.32. The average Bonchev–Trinajstić information content (AvgIpc) is 3.17. The van der Waals surface area contributed by atoms with E-state index < -0.39 is 0 Å². The van der Waals surface area contributed by atoms with Crippen LogP contribution in [0.15, 0.2) is 53.6 Å². The maximum absolute atomic E-state index is 2.68.